The molecule has 0 saturated carbocycles. The minimum absolute atomic E-state index is 0.150. The number of para-hydroxylation sites is 1. The molecule has 0 saturated heterocycles. The van der Waals surface area contributed by atoms with Gasteiger partial charge >= 0.3 is 5.97 Å². The van der Waals surface area contributed by atoms with Crippen molar-refractivity contribution >= 4 is 28.6 Å². The van der Waals surface area contributed by atoms with Crippen molar-refractivity contribution in [3.05, 3.63) is 59.8 Å². The molecular weight excluding hydrogens is 414 g/mol. The molecule has 0 aliphatic carbocycles. The zero-order valence-electron chi connectivity index (χ0n) is 17.4. The van der Waals surface area contributed by atoms with E-state index in [2.05, 4.69) is 6.07 Å². The standard InChI is InChI=1S/C23H21N3O6/c1-30-21-11-15(7-8-20(21)31-14-22(25)28)23(29)32-13-19(27)17-12-26(10-4-9-24)18-6-3-2-5-16(17)18/h2-3,5-8,11-12H,4,10,13-14H2,1H3,(H2,25,28). The third kappa shape index (κ3) is 5.05. The number of fused-ring (bicyclic) bond motifs is 1. The predicted molar refractivity (Wildman–Crippen MR) is 114 cm³/mol. The number of methoxy groups -OCH3 is 1. The van der Waals surface area contributed by atoms with Crippen LogP contribution in [0.4, 0.5) is 0 Å². The fourth-order valence-electron chi connectivity index (χ4n) is 3.18. The largest absolute Gasteiger partial charge is 0.493 e. The summed E-state index contributed by atoms with van der Waals surface area (Å²) in [5, 5.41) is 9.58. The molecule has 9 heteroatoms. The van der Waals surface area contributed by atoms with Gasteiger partial charge in [0, 0.05) is 29.2 Å². The highest BCUT2D eigenvalue weighted by atomic mass is 16.5. The fourth-order valence-corrected chi connectivity index (χ4v) is 3.18. The number of primary amides is 1. The number of nitrogens with two attached hydrogens (primary N) is 1. The third-order valence-electron chi connectivity index (χ3n) is 4.66. The van der Waals surface area contributed by atoms with Gasteiger partial charge in [-0.15, -0.1) is 0 Å². The van der Waals surface area contributed by atoms with Gasteiger partial charge in [0.15, 0.2) is 24.7 Å². The molecule has 2 aromatic carbocycles. The number of aryl methyl sites for hydroxylation is 1. The van der Waals surface area contributed by atoms with Gasteiger partial charge < -0.3 is 24.5 Å². The highest BCUT2D eigenvalue weighted by molar-refractivity contribution is 6.09. The molecule has 9 nitrogen and oxygen atoms in total. The molecule has 0 bridgehead atoms. The Morgan fingerprint density at radius 3 is 2.59 bits per heavy atom. The van der Waals surface area contributed by atoms with Gasteiger partial charge in [-0.25, -0.2) is 4.79 Å². The van der Waals surface area contributed by atoms with E-state index in [1.54, 1.807) is 6.20 Å². The molecule has 3 aromatic rings. The molecule has 0 unspecified atom stereocenters. The fraction of sp³-hybridized carbons (Fsp3) is 0.217. The van der Waals surface area contributed by atoms with Gasteiger partial charge in [0.2, 0.25) is 5.78 Å². The smallest absolute Gasteiger partial charge is 0.338 e. The van der Waals surface area contributed by atoms with Crippen molar-refractivity contribution in [3.63, 3.8) is 0 Å². The molecule has 0 aliphatic heterocycles. The molecular formula is C23H21N3O6. The molecule has 3 rings (SSSR count). The monoisotopic (exact) mass is 435 g/mol. The van der Waals surface area contributed by atoms with Crippen LogP contribution in [0, 0.1) is 11.3 Å². The first-order chi connectivity index (χ1) is 15.4. The lowest BCUT2D eigenvalue weighted by Gasteiger charge is -2.11. The van der Waals surface area contributed by atoms with Crippen molar-refractivity contribution in [1.29, 1.82) is 5.26 Å². The van der Waals surface area contributed by atoms with Crippen LogP contribution >= 0.6 is 0 Å². The number of ether oxygens (including phenoxy) is 3. The normalized spacial score (nSPS) is 10.4. The second-order valence-corrected chi connectivity index (χ2v) is 6.78. The zero-order valence-corrected chi connectivity index (χ0v) is 17.4. The summed E-state index contributed by atoms with van der Waals surface area (Å²) in [6.07, 6.45) is 1.98. The van der Waals surface area contributed by atoms with E-state index in [1.807, 2.05) is 28.8 Å². The summed E-state index contributed by atoms with van der Waals surface area (Å²) < 4.78 is 17.4. The first-order valence-corrected chi connectivity index (χ1v) is 9.69. The number of hydrogen-bond acceptors (Lipinski definition) is 7. The van der Waals surface area contributed by atoms with Crippen molar-refractivity contribution in [2.24, 2.45) is 5.73 Å². The molecule has 0 fully saturated rings. The Morgan fingerprint density at radius 1 is 1.09 bits per heavy atom. The minimum atomic E-state index is -0.716. The van der Waals surface area contributed by atoms with Crippen LogP contribution in [0.15, 0.2) is 48.7 Å². The second-order valence-electron chi connectivity index (χ2n) is 6.78. The molecule has 0 radical (unpaired) electrons. The lowest BCUT2D eigenvalue weighted by Crippen LogP contribution is -2.20. The van der Waals surface area contributed by atoms with Gasteiger partial charge in [0.25, 0.3) is 5.91 Å². The zero-order chi connectivity index (χ0) is 23.1. The summed E-state index contributed by atoms with van der Waals surface area (Å²) in [7, 11) is 1.38. The number of esters is 1. The van der Waals surface area contributed by atoms with Crippen LogP contribution in [0.25, 0.3) is 10.9 Å². The lowest BCUT2D eigenvalue weighted by atomic mass is 10.1. The number of nitriles is 1. The van der Waals surface area contributed by atoms with Crippen molar-refractivity contribution in [2.45, 2.75) is 13.0 Å². The topological polar surface area (TPSA) is 134 Å². The SMILES string of the molecule is COc1cc(C(=O)OCC(=O)c2cn(CCC#N)c3ccccc23)ccc1OCC(N)=O. The van der Waals surface area contributed by atoms with Crippen LogP contribution in [0.5, 0.6) is 11.5 Å². The van der Waals surface area contributed by atoms with Crippen LogP contribution in [-0.4, -0.2) is 42.6 Å². The number of amides is 1. The van der Waals surface area contributed by atoms with Crippen LogP contribution in [0.3, 0.4) is 0 Å². The molecule has 2 N–H and O–H groups in total. The Morgan fingerprint density at radius 2 is 1.88 bits per heavy atom. The van der Waals surface area contributed by atoms with E-state index >= 15 is 0 Å². The number of nitrogens with zero attached hydrogens (tertiary/aromatic N) is 2. The Balaban J connectivity index is 1.72. The number of aromatic nitrogens is 1. The van der Waals surface area contributed by atoms with Crippen molar-refractivity contribution in [1.82, 2.24) is 4.57 Å². The maximum Gasteiger partial charge on any atom is 0.338 e. The van der Waals surface area contributed by atoms with E-state index in [0.717, 1.165) is 10.9 Å². The summed E-state index contributed by atoms with van der Waals surface area (Å²) in [6.45, 7) is -0.335. The minimum Gasteiger partial charge on any atom is -0.493 e. The van der Waals surface area contributed by atoms with E-state index in [1.165, 1.54) is 25.3 Å². The lowest BCUT2D eigenvalue weighted by molar-refractivity contribution is -0.119. The molecule has 1 aromatic heterocycles. The highest BCUT2D eigenvalue weighted by Gasteiger charge is 2.18. The Bertz CT molecular complexity index is 1210. The summed E-state index contributed by atoms with van der Waals surface area (Å²) in [4.78, 5) is 36.1. The van der Waals surface area contributed by atoms with Gasteiger partial charge in [-0.2, -0.15) is 5.26 Å². The summed E-state index contributed by atoms with van der Waals surface area (Å²) in [5.74, 6) is -1.27. The van der Waals surface area contributed by atoms with Crippen LogP contribution in [0.1, 0.15) is 27.1 Å². The number of carbonyl (C=O) groups is 3. The van der Waals surface area contributed by atoms with Gasteiger partial charge in [0.1, 0.15) is 0 Å². The number of carbonyl (C=O) groups excluding carboxylic acids is 3. The summed E-state index contributed by atoms with van der Waals surface area (Å²) in [6, 6.07) is 13.7. The predicted octanol–water partition coefficient (Wildman–Crippen LogP) is 2.47. The van der Waals surface area contributed by atoms with Crippen LogP contribution in [-0.2, 0) is 16.1 Å². The quantitative estimate of drug-likeness (QED) is 0.382. The van der Waals surface area contributed by atoms with E-state index in [-0.39, 0.29) is 29.5 Å². The Kier molecular flexibility index (Phi) is 7.08. The van der Waals surface area contributed by atoms with E-state index in [9.17, 15) is 14.4 Å². The maximum atomic E-state index is 12.8. The van der Waals surface area contributed by atoms with Crippen LogP contribution in [0.2, 0.25) is 0 Å². The Labute approximate surface area is 183 Å². The van der Waals surface area contributed by atoms with Crippen molar-refractivity contribution in [2.75, 3.05) is 20.3 Å². The van der Waals surface area contributed by atoms with Gasteiger partial charge in [-0.05, 0) is 24.3 Å². The number of rotatable bonds is 10. The number of benzene rings is 2. The highest BCUT2D eigenvalue weighted by Crippen LogP contribution is 2.28. The molecule has 0 atom stereocenters. The first-order valence-electron chi connectivity index (χ1n) is 9.69. The summed E-state index contributed by atoms with van der Waals surface area (Å²) in [5.41, 5.74) is 6.45. The maximum absolute atomic E-state index is 12.8. The number of hydrogen-bond donors (Lipinski definition) is 1. The first kappa shape index (κ1) is 22.4. The molecule has 1 heterocycles. The Hall–Kier alpha value is -4.32. The number of ketones is 1. The van der Waals surface area contributed by atoms with E-state index in [0.29, 0.717) is 18.5 Å². The summed E-state index contributed by atoms with van der Waals surface area (Å²) >= 11 is 0. The van der Waals surface area contributed by atoms with Crippen molar-refractivity contribution < 1.29 is 28.6 Å². The molecule has 164 valence electrons. The van der Waals surface area contributed by atoms with Gasteiger partial charge in [0.05, 0.1) is 25.2 Å². The van der Waals surface area contributed by atoms with Gasteiger partial charge in [-0.1, -0.05) is 18.2 Å². The number of Topliss-reactive ketones (excluding diaryl/α,β-unsaturated/α-hetero) is 1. The molecule has 0 spiro atoms. The third-order valence-corrected chi connectivity index (χ3v) is 4.66. The van der Waals surface area contributed by atoms with Crippen LogP contribution < -0.4 is 15.2 Å². The van der Waals surface area contributed by atoms with E-state index in [4.69, 9.17) is 25.2 Å². The average Bonchev–Trinajstić information content (AvgIpc) is 3.18. The van der Waals surface area contributed by atoms with Crippen molar-refractivity contribution in [3.8, 4) is 17.6 Å². The van der Waals surface area contributed by atoms with E-state index < -0.39 is 18.5 Å². The molecule has 0 aliphatic rings. The second kappa shape index (κ2) is 10.1. The van der Waals surface area contributed by atoms with Gasteiger partial charge in [-0.3, -0.25) is 9.59 Å². The average molecular weight is 435 g/mol. The molecule has 1 amide bonds. The molecule has 32 heavy (non-hydrogen) atoms.